The van der Waals surface area contributed by atoms with E-state index in [4.69, 9.17) is 0 Å². The van der Waals surface area contributed by atoms with Crippen molar-refractivity contribution in [2.75, 3.05) is 0 Å². The molecular formula is C8H11BrO. The fourth-order valence-corrected chi connectivity index (χ4v) is 3.06. The number of carbonyl (C=O) groups excluding carboxylic acids is 1. The van der Waals surface area contributed by atoms with Crippen molar-refractivity contribution in [1.29, 1.82) is 0 Å². The van der Waals surface area contributed by atoms with Crippen molar-refractivity contribution in [3.05, 3.63) is 0 Å². The van der Waals surface area contributed by atoms with Gasteiger partial charge in [0, 0.05) is 5.92 Å². The molecule has 2 bridgehead atoms. The molecule has 1 atom stereocenters. The number of hydrogen-bond acceptors (Lipinski definition) is 1. The van der Waals surface area contributed by atoms with Gasteiger partial charge < -0.3 is 0 Å². The molecule has 0 unspecified atom stereocenters. The van der Waals surface area contributed by atoms with E-state index in [0.717, 1.165) is 12.8 Å². The van der Waals surface area contributed by atoms with E-state index < -0.39 is 0 Å². The summed E-state index contributed by atoms with van der Waals surface area (Å²) in [5.41, 5.74) is 0. The average Bonchev–Trinajstić information content (AvgIpc) is 2.00. The number of hydrogen-bond donors (Lipinski definition) is 0. The van der Waals surface area contributed by atoms with E-state index in [1.54, 1.807) is 0 Å². The molecule has 0 aromatic heterocycles. The molecule has 0 saturated heterocycles. The zero-order valence-corrected chi connectivity index (χ0v) is 7.43. The number of fused-ring (bicyclic) bond motifs is 3. The van der Waals surface area contributed by atoms with E-state index >= 15 is 0 Å². The quantitative estimate of drug-likeness (QED) is 0.551. The minimum Gasteiger partial charge on any atom is -0.298 e. The predicted molar refractivity (Wildman–Crippen MR) is 43.2 cm³/mol. The fourth-order valence-electron chi connectivity index (χ4n) is 2.15. The summed E-state index contributed by atoms with van der Waals surface area (Å²) < 4.78 is 0. The van der Waals surface area contributed by atoms with Gasteiger partial charge in [-0.15, -0.1) is 0 Å². The van der Waals surface area contributed by atoms with Gasteiger partial charge in [-0.25, -0.2) is 0 Å². The van der Waals surface area contributed by atoms with E-state index in [1.165, 1.54) is 12.8 Å². The monoisotopic (exact) mass is 202 g/mol. The van der Waals surface area contributed by atoms with Crippen LogP contribution in [-0.2, 0) is 4.79 Å². The summed E-state index contributed by atoms with van der Waals surface area (Å²) in [7, 11) is 0. The summed E-state index contributed by atoms with van der Waals surface area (Å²) in [4.78, 5) is 11.5. The standard InChI is InChI=1S/C8H11BrO/c9-7-5-1-3-6(4-2-5)8(7)10/h5-7H,1-4H2/t5?,6?,7-/m1/s1. The molecule has 0 heterocycles. The third-order valence-electron chi connectivity index (χ3n) is 2.86. The molecule has 3 saturated carbocycles. The molecule has 56 valence electrons. The largest absolute Gasteiger partial charge is 0.298 e. The highest BCUT2D eigenvalue weighted by molar-refractivity contribution is 9.10. The summed E-state index contributed by atoms with van der Waals surface area (Å²) in [6, 6.07) is 0. The lowest BCUT2D eigenvalue weighted by molar-refractivity contribution is -0.127. The van der Waals surface area contributed by atoms with Crippen molar-refractivity contribution < 1.29 is 4.79 Å². The van der Waals surface area contributed by atoms with Gasteiger partial charge in [0.1, 0.15) is 5.78 Å². The van der Waals surface area contributed by atoms with Gasteiger partial charge in [0.15, 0.2) is 0 Å². The lowest BCUT2D eigenvalue weighted by Crippen LogP contribution is -2.40. The lowest BCUT2D eigenvalue weighted by Gasteiger charge is -2.38. The summed E-state index contributed by atoms with van der Waals surface area (Å²) in [5.74, 6) is 1.55. The molecule has 3 rings (SSSR count). The normalized spacial score (nSPS) is 46.1. The van der Waals surface area contributed by atoms with Gasteiger partial charge in [0.2, 0.25) is 0 Å². The summed E-state index contributed by atoms with van der Waals surface area (Å²) in [6.07, 6.45) is 4.86. The second kappa shape index (κ2) is 2.33. The maximum Gasteiger partial charge on any atom is 0.149 e. The van der Waals surface area contributed by atoms with Crippen LogP contribution in [0.15, 0.2) is 0 Å². The Hall–Kier alpha value is 0.150. The SMILES string of the molecule is O=C1C2CCC(CC2)[C@H]1Br. The van der Waals surface area contributed by atoms with Crippen LogP contribution in [-0.4, -0.2) is 10.6 Å². The molecule has 0 aliphatic heterocycles. The van der Waals surface area contributed by atoms with Gasteiger partial charge in [-0.3, -0.25) is 4.79 Å². The van der Waals surface area contributed by atoms with E-state index in [2.05, 4.69) is 15.9 Å². The lowest BCUT2D eigenvalue weighted by atomic mass is 9.70. The molecule has 1 nitrogen and oxygen atoms in total. The Balaban J connectivity index is 2.20. The fraction of sp³-hybridized carbons (Fsp3) is 0.875. The average molecular weight is 203 g/mol. The van der Waals surface area contributed by atoms with Gasteiger partial charge in [0.05, 0.1) is 4.83 Å². The van der Waals surface area contributed by atoms with Gasteiger partial charge in [-0.2, -0.15) is 0 Å². The highest BCUT2D eigenvalue weighted by atomic mass is 79.9. The third-order valence-corrected chi connectivity index (χ3v) is 4.06. The van der Waals surface area contributed by atoms with E-state index in [-0.39, 0.29) is 4.83 Å². The van der Waals surface area contributed by atoms with Crippen LogP contribution in [0.3, 0.4) is 0 Å². The van der Waals surface area contributed by atoms with E-state index in [0.29, 0.717) is 17.6 Å². The molecular weight excluding hydrogens is 192 g/mol. The van der Waals surface area contributed by atoms with Crippen LogP contribution in [0.4, 0.5) is 0 Å². The third kappa shape index (κ3) is 0.849. The number of alkyl halides is 1. The molecule has 0 aromatic rings. The topological polar surface area (TPSA) is 17.1 Å². The smallest absolute Gasteiger partial charge is 0.149 e. The zero-order valence-electron chi connectivity index (χ0n) is 5.85. The van der Waals surface area contributed by atoms with Crippen LogP contribution in [0.1, 0.15) is 25.7 Å². The van der Waals surface area contributed by atoms with Gasteiger partial charge in [0.25, 0.3) is 0 Å². The zero-order chi connectivity index (χ0) is 7.14. The molecule has 0 N–H and O–H groups in total. The van der Waals surface area contributed by atoms with E-state index in [9.17, 15) is 4.79 Å². The maximum absolute atomic E-state index is 11.3. The minimum absolute atomic E-state index is 0.208. The maximum atomic E-state index is 11.3. The molecule has 0 aromatic carbocycles. The Morgan fingerprint density at radius 2 is 1.80 bits per heavy atom. The minimum atomic E-state index is 0.208. The van der Waals surface area contributed by atoms with Crippen LogP contribution in [0, 0.1) is 11.8 Å². The predicted octanol–water partition coefficient (Wildman–Crippen LogP) is 2.14. The Morgan fingerprint density at radius 1 is 1.20 bits per heavy atom. The van der Waals surface area contributed by atoms with Crippen LogP contribution >= 0.6 is 15.9 Å². The second-order valence-corrected chi connectivity index (χ2v) is 4.40. The van der Waals surface area contributed by atoms with E-state index in [1.807, 2.05) is 0 Å². The van der Waals surface area contributed by atoms with Crippen molar-refractivity contribution in [2.24, 2.45) is 11.8 Å². The molecule has 10 heavy (non-hydrogen) atoms. The van der Waals surface area contributed by atoms with Crippen LogP contribution in [0.5, 0.6) is 0 Å². The molecule has 2 heteroatoms. The number of halogens is 1. The number of rotatable bonds is 0. The number of Topliss-reactive ketones (excluding diaryl/α,β-unsaturated/α-hetero) is 1. The van der Waals surface area contributed by atoms with Crippen LogP contribution in [0.25, 0.3) is 0 Å². The first-order chi connectivity index (χ1) is 4.79. The summed E-state index contributed by atoms with van der Waals surface area (Å²) >= 11 is 3.46. The number of carbonyl (C=O) groups is 1. The van der Waals surface area contributed by atoms with Crippen molar-refractivity contribution in [1.82, 2.24) is 0 Å². The Bertz CT molecular complexity index is 155. The first-order valence-corrected chi connectivity index (χ1v) is 4.88. The first-order valence-electron chi connectivity index (χ1n) is 3.97. The molecule has 0 amide bonds. The Kier molecular flexibility index (Phi) is 1.59. The van der Waals surface area contributed by atoms with Crippen LogP contribution < -0.4 is 0 Å². The van der Waals surface area contributed by atoms with Crippen molar-refractivity contribution in [3.8, 4) is 0 Å². The molecule has 3 fully saturated rings. The molecule has 3 aliphatic carbocycles. The highest BCUT2D eigenvalue weighted by Crippen LogP contribution is 2.41. The highest BCUT2D eigenvalue weighted by Gasteiger charge is 2.40. The van der Waals surface area contributed by atoms with Crippen LogP contribution in [0.2, 0.25) is 0 Å². The number of ketones is 1. The first kappa shape index (κ1) is 6.84. The Morgan fingerprint density at radius 3 is 2.10 bits per heavy atom. The summed E-state index contributed by atoms with van der Waals surface area (Å²) in [6.45, 7) is 0. The molecule has 0 radical (unpaired) electrons. The van der Waals surface area contributed by atoms with Gasteiger partial charge in [-0.1, -0.05) is 15.9 Å². The molecule has 3 aliphatic rings. The Labute approximate surface area is 69.3 Å². The van der Waals surface area contributed by atoms with Crippen molar-refractivity contribution in [3.63, 3.8) is 0 Å². The van der Waals surface area contributed by atoms with Gasteiger partial charge >= 0.3 is 0 Å². The van der Waals surface area contributed by atoms with Crippen molar-refractivity contribution in [2.45, 2.75) is 30.5 Å². The second-order valence-electron chi connectivity index (χ2n) is 3.42. The molecule has 0 spiro atoms. The summed E-state index contributed by atoms with van der Waals surface area (Å²) in [5, 5.41) is 0. The van der Waals surface area contributed by atoms with Gasteiger partial charge in [-0.05, 0) is 31.6 Å². The van der Waals surface area contributed by atoms with Crippen molar-refractivity contribution >= 4 is 21.7 Å².